The van der Waals surface area contributed by atoms with Crippen molar-refractivity contribution >= 4 is 35.0 Å². The highest BCUT2D eigenvalue weighted by molar-refractivity contribution is 7.99. The van der Waals surface area contributed by atoms with Crippen molar-refractivity contribution in [3.63, 3.8) is 0 Å². The first kappa shape index (κ1) is 18.0. The van der Waals surface area contributed by atoms with E-state index in [9.17, 15) is 9.59 Å². The average molecular weight is 398 g/mol. The fraction of sp³-hybridized carbons (Fsp3) is 0.235. The lowest BCUT2D eigenvalue weighted by Crippen LogP contribution is -2.43. The molecule has 28 heavy (non-hydrogen) atoms. The summed E-state index contributed by atoms with van der Waals surface area (Å²) in [6.07, 6.45) is 0. The molecule has 0 saturated heterocycles. The van der Waals surface area contributed by atoms with Crippen LogP contribution >= 0.6 is 11.8 Å². The minimum Gasteiger partial charge on any atom is -0.334 e. The van der Waals surface area contributed by atoms with Gasteiger partial charge in [0.15, 0.2) is 0 Å². The number of amides is 2. The van der Waals surface area contributed by atoms with Crippen LogP contribution in [0.5, 0.6) is 0 Å². The topological polar surface area (TPSA) is 124 Å². The number of hydrogen-bond donors (Lipinski definition) is 2. The van der Waals surface area contributed by atoms with Crippen LogP contribution in [0.25, 0.3) is 5.95 Å². The molecule has 0 atom stereocenters. The molecule has 0 unspecified atom stereocenters. The Balaban J connectivity index is 1.51. The lowest BCUT2D eigenvalue weighted by Gasteiger charge is -2.28. The zero-order valence-corrected chi connectivity index (χ0v) is 16.1. The SMILES string of the molecule is Cc1cc(C)n(-c2nnc(SCC(=O)N3CC(=O)Nc4ccccc43)n2N)n1. The minimum absolute atomic E-state index is 0.0251. The number of fused-ring (bicyclic) bond motifs is 1. The number of benzene rings is 1. The van der Waals surface area contributed by atoms with Crippen LogP contribution in [0.1, 0.15) is 11.4 Å². The summed E-state index contributed by atoms with van der Waals surface area (Å²) in [4.78, 5) is 26.1. The van der Waals surface area contributed by atoms with Gasteiger partial charge >= 0.3 is 0 Å². The van der Waals surface area contributed by atoms with Gasteiger partial charge in [-0.15, -0.1) is 10.2 Å². The van der Waals surface area contributed by atoms with Crippen molar-refractivity contribution in [2.75, 3.05) is 28.4 Å². The van der Waals surface area contributed by atoms with Gasteiger partial charge in [-0.1, -0.05) is 23.9 Å². The van der Waals surface area contributed by atoms with Gasteiger partial charge < -0.3 is 16.1 Å². The zero-order chi connectivity index (χ0) is 19.8. The van der Waals surface area contributed by atoms with Gasteiger partial charge in [-0.25, -0.2) is 9.36 Å². The molecule has 3 aromatic rings. The molecule has 1 aliphatic rings. The maximum Gasteiger partial charge on any atom is 0.271 e. The van der Waals surface area contributed by atoms with Gasteiger partial charge in [0.1, 0.15) is 6.54 Å². The number of aryl methyl sites for hydroxylation is 2. The van der Waals surface area contributed by atoms with Gasteiger partial charge in [-0.05, 0) is 32.0 Å². The van der Waals surface area contributed by atoms with E-state index in [-0.39, 0.29) is 24.1 Å². The molecule has 2 amide bonds. The average Bonchev–Trinajstić information content (AvgIpc) is 3.19. The highest BCUT2D eigenvalue weighted by atomic mass is 32.2. The Kier molecular flexibility index (Phi) is 4.51. The Bertz CT molecular complexity index is 1070. The minimum atomic E-state index is -0.231. The van der Waals surface area contributed by atoms with E-state index in [2.05, 4.69) is 20.6 Å². The molecule has 3 N–H and O–H groups in total. The van der Waals surface area contributed by atoms with Crippen LogP contribution in [0.15, 0.2) is 35.5 Å². The van der Waals surface area contributed by atoms with Crippen molar-refractivity contribution < 1.29 is 9.59 Å². The van der Waals surface area contributed by atoms with Gasteiger partial charge in [-0.3, -0.25) is 9.59 Å². The second-order valence-electron chi connectivity index (χ2n) is 6.33. The summed E-state index contributed by atoms with van der Waals surface area (Å²) >= 11 is 1.15. The fourth-order valence-corrected chi connectivity index (χ4v) is 3.73. The number of aromatic nitrogens is 5. The van der Waals surface area contributed by atoms with E-state index in [4.69, 9.17) is 5.84 Å². The molecule has 2 aromatic heterocycles. The van der Waals surface area contributed by atoms with Crippen LogP contribution in [0, 0.1) is 13.8 Å². The summed E-state index contributed by atoms with van der Waals surface area (Å²) in [5, 5.41) is 15.6. The van der Waals surface area contributed by atoms with Gasteiger partial charge in [0, 0.05) is 5.69 Å². The standard InChI is InChI=1S/C17H18N8O2S/c1-10-7-11(2)25(22-10)16-20-21-17(24(16)18)28-9-15(27)23-8-14(26)19-12-5-3-4-6-13(12)23/h3-7H,8-9,18H2,1-2H3,(H,19,26). The van der Waals surface area contributed by atoms with Gasteiger partial charge in [0.05, 0.1) is 22.8 Å². The van der Waals surface area contributed by atoms with Crippen molar-refractivity contribution in [2.24, 2.45) is 0 Å². The third-order valence-corrected chi connectivity index (χ3v) is 5.17. The Morgan fingerprint density at radius 1 is 1.29 bits per heavy atom. The smallest absolute Gasteiger partial charge is 0.271 e. The van der Waals surface area contributed by atoms with E-state index in [0.29, 0.717) is 22.5 Å². The summed E-state index contributed by atoms with van der Waals surface area (Å²) in [6, 6.07) is 9.09. The first-order valence-corrected chi connectivity index (χ1v) is 9.49. The number of nitrogens with zero attached hydrogens (tertiary/aromatic N) is 6. The van der Waals surface area contributed by atoms with Crippen LogP contribution in [-0.2, 0) is 9.59 Å². The normalized spacial score (nSPS) is 13.4. The number of nitrogens with two attached hydrogens (primary N) is 1. The van der Waals surface area contributed by atoms with Crippen molar-refractivity contribution in [3.8, 4) is 5.95 Å². The predicted molar refractivity (Wildman–Crippen MR) is 105 cm³/mol. The van der Waals surface area contributed by atoms with Gasteiger partial charge in [0.25, 0.3) is 5.95 Å². The first-order chi connectivity index (χ1) is 13.4. The fourth-order valence-electron chi connectivity index (χ4n) is 3.00. The molecule has 3 heterocycles. The molecule has 1 aromatic carbocycles. The highest BCUT2D eigenvalue weighted by Gasteiger charge is 2.27. The van der Waals surface area contributed by atoms with E-state index < -0.39 is 0 Å². The second kappa shape index (κ2) is 7.00. The molecule has 10 nitrogen and oxygen atoms in total. The molecule has 0 bridgehead atoms. The lowest BCUT2D eigenvalue weighted by molar-refractivity contribution is -0.120. The van der Waals surface area contributed by atoms with Gasteiger partial charge in [-0.2, -0.15) is 5.10 Å². The number of carbonyl (C=O) groups is 2. The number of thioether (sulfide) groups is 1. The van der Waals surface area contributed by atoms with E-state index >= 15 is 0 Å². The van der Waals surface area contributed by atoms with Crippen molar-refractivity contribution in [2.45, 2.75) is 19.0 Å². The van der Waals surface area contributed by atoms with Crippen molar-refractivity contribution in [3.05, 3.63) is 41.7 Å². The van der Waals surface area contributed by atoms with Crippen LogP contribution in [0.4, 0.5) is 11.4 Å². The molecule has 0 aliphatic carbocycles. The lowest BCUT2D eigenvalue weighted by atomic mass is 10.2. The largest absolute Gasteiger partial charge is 0.334 e. The number of nitrogens with one attached hydrogen (secondary N) is 1. The summed E-state index contributed by atoms with van der Waals surface area (Å²) in [7, 11) is 0. The Hall–Kier alpha value is -3.34. The number of carbonyl (C=O) groups excluding carboxylic acids is 2. The number of para-hydroxylation sites is 2. The Morgan fingerprint density at radius 3 is 2.82 bits per heavy atom. The number of nitrogen functional groups attached to an aromatic ring is 1. The summed E-state index contributed by atoms with van der Waals surface area (Å²) in [5.41, 5.74) is 3.00. The third-order valence-electron chi connectivity index (χ3n) is 4.24. The predicted octanol–water partition coefficient (Wildman–Crippen LogP) is 0.872. The van der Waals surface area contributed by atoms with Gasteiger partial charge in [0.2, 0.25) is 17.0 Å². The zero-order valence-electron chi connectivity index (χ0n) is 15.3. The molecule has 0 saturated carbocycles. The third kappa shape index (κ3) is 3.20. The number of hydrogen-bond acceptors (Lipinski definition) is 7. The van der Waals surface area contributed by atoms with Crippen LogP contribution in [0.3, 0.4) is 0 Å². The van der Waals surface area contributed by atoms with Crippen molar-refractivity contribution in [1.29, 1.82) is 0 Å². The molecule has 11 heteroatoms. The Labute approximate surface area is 164 Å². The highest BCUT2D eigenvalue weighted by Crippen LogP contribution is 2.29. The molecular weight excluding hydrogens is 380 g/mol. The summed E-state index contributed by atoms with van der Waals surface area (Å²) < 4.78 is 2.90. The summed E-state index contributed by atoms with van der Waals surface area (Å²) in [5.74, 6) is 6.08. The molecule has 0 spiro atoms. The first-order valence-electron chi connectivity index (χ1n) is 8.50. The van der Waals surface area contributed by atoms with E-state index in [0.717, 1.165) is 23.1 Å². The second-order valence-corrected chi connectivity index (χ2v) is 7.27. The quantitative estimate of drug-likeness (QED) is 0.494. The Morgan fingerprint density at radius 2 is 2.07 bits per heavy atom. The molecule has 0 radical (unpaired) electrons. The molecule has 1 aliphatic heterocycles. The monoisotopic (exact) mass is 398 g/mol. The summed E-state index contributed by atoms with van der Waals surface area (Å²) in [6.45, 7) is 3.74. The molecular formula is C17H18N8O2S. The van der Waals surface area contributed by atoms with E-state index in [1.54, 1.807) is 22.9 Å². The molecule has 0 fully saturated rings. The maximum absolute atomic E-state index is 12.7. The van der Waals surface area contributed by atoms with E-state index in [1.165, 1.54) is 9.58 Å². The van der Waals surface area contributed by atoms with Crippen LogP contribution < -0.4 is 16.1 Å². The number of anilines is 2. The molecule has 144 valence electrons. The van der Waals surface area contributed by atoms with Crippen LogP contribution in [-0.4, -0.2) is 48.8 Å². The van der Waals surface area contributed by atoms with Crippen LogP contribution in [0.2, 0.25) is 0 Å². The molecule has 4 rings (SSSR count). The van der Waals surface area contributed by atoms with Crippen molar-refractivity contribution in [1.82, 2.24) is 24.7 Å². The van der Waals surface area contributed by atoms with E-state index in [1.807, 2.05) is 26.0 Å². The maximum atomic E-state index is 12.7. The number of rotatable bonds is 4.